The van der Waals surface area contributed by atoms with Crippen molar-refractivity contribution >= 4 is 12.2 Å². The summed E-state index contributed by atoms with van der Waals surface area (Å²) in [6.07, 6.45) is -3.62. The first-order valence-electron chi connectivity index (χ1n) is 9.10. The van der Waals surface area contributed by atoms with Crippen molar-refractivity contribution in [1.29, 1.82) is 0 Å². The van der Waals surface area contributed by atoms with Crippen LogP contribution in [0.4, 0.5) is 18.0 Å². The molecule has 0 aliphatic carbocycles. The zero-order chi connectivity index (χ0) is 21.1. The minimum atomic E-state index is -4.75. The van der Waals surface area contributed by atoms with Gasteiger partial charge >= 0.3 is 12.5 Å². The first-order valence-corrected chi connectivity index (χ1v) is 9.10. The van der Waals surface area contributed by atoms with Gasteiger partial charge in [-0.15, -0.1) is 13.2 Å². The largest absolute Gasteiger partial charge is 0.573 e. The number of halogens is 3. The summed E-state index contributed by atoms with van der Waals surface area (Å²) in [5.41, 5.74) is 0.681. The number of nitrogens with zero attached hydrogens (tertiary/aromatic N) is 2. The number of carbonyl (C=O) groups excluding carboxylic acids is 1. The summed E-state index contributed by atoms with van der Waals surface area (Å²) < 4.78 is 47.1. The van der Waals surface area contributed by atoms with E-state index in [4.69, 9.17) is 4.74 Å². The van der Waals surface area contributed by atoms with E-state index in [9.17, 15) is 18.0 Å². The fraction of sp³-hybridized carbons (Fsp3) is 0.550. The van der Waals surface area contributed by atoms with Crippen LogP contribution in [-0.4, -0.2) is 53.5 Å². The molecule has 5 nitrogen and oxygen atoms in total. The third kappa shape index (κ3) is 6.74. The summed E-state index contributed by atoms with van der Waals surface area (Å²) in [6, 6.07) is 4.39. The van der Waals surface area contributed by atoms with Gasteiger partial charge < -0.3 is 14.4 Å². The summed E-state index contributed by atoms with van der Waals surface area (Å²) in [7, 11) is 0. The van der Waals surface area contributed by atoms with Crippen molar-refractivity contribution in [2.75, 3.05) is 19.6 Å². The summed E-state index contributed by atoms with van der Waals surface area (Å²) in [6.45, 7) is 13.1. The van der Waals surface area contributed by atoms with Gasteiger partial charge in [-0.1, -0.05) is 18.7 Å². The second-order valence-corrected chi connectivity index (χ2v) is 7.92. The number of hydrogen-bond acceptors (Lipinski definition) is 4. The lowest BCUT2D eigenvalue weighted by Gasteiger charge is -2.40. The third-order valence-electron chi connectivity index (χ3n) is 4.20. The zero-order valence-electron chi connectivity index (χ0n) is 16.7. The maximum Gasteiger partial charge on any atom is 0.573 e. The van der Waals surface area contributed by atoms with Gasteiger partial charge in [-0.25, -0.2) is 4.79 Å². The minimum Gasteiger partial charge on any atom is -0.444 e. The lowest BCUT2D eigenvalue weighted by Crippen LogP contribution is -2.54. The maximum absolute atomic E-state index is 12.5. The molecule has 156 valence electrons. The second kappa shape index (κ2) is 8.43. The predicted octanol–water partition coefficient (Wildman–Crippen LogP) is 4.67. The highest BCUT2D eigenvalue weighted by Crippen LogP contribution is 2.26. The lowest BCUT2D eigenvalue weighted by atomic mass is 10.1. The van der Waals surface area contributed by atoms with E-state index in [0.717, 1.165) is 0 Å². The Balaban J connectivity index is 2.04. The highest BCUT2D eigenvalue weighted by Gasteiger charge is 2.32. The van der Waals surface area contributed by atoms with Gasteiger partial charge in [0.15, 0.2) is 0 Å². The minimum absolute atomic E-state index is 0.0721. The van der Waals surface area contributed by atoms with Gasteiger partial charge in [-0.05, 0) is 51.0 Å². The Morgan fingerprint density at radius 1 is 1.25 bits per heavy atom. The topological polar surface area (TPSA) is 42.0 Å². The van der Waals surface area contributed by atoms with Crippen molar-refractivity contribution in [3.05, 3.63) is 35.9 Å². The van der Waals surface area contributed by atoms with Gasteiger partial charge in [0.25, 0.3) is 0 Å². The Morgan fingerprint density at radius 2 is 1.93 bits per heavy atom. The molecule has 1 aliphatic rings. The van der Waals surface area contributed by atoms with Gasteiger partial charge in [-0.2, -0.15) is 0 Å². The number of hydrogen-bond donors (Lipinski definition) is 0. The number of ether oxygens (including phenoxy) is 2. The molecule has 0 N–H and O–H groups in total. The zero-order valence-corrected chi connectivity index (χ0v) is 16.7. The van der Waals surface area contributed by atoms with Crippen LogP contribution in [0.3, 0.4) is 0 Å². The molecule has 1 heterocycles. The Kier molecular flexibility index (Phi) is 6.64. The van der Waals surface area contributed by atoms with Gasteiger partial charge in [0, 0.05) is 32.2 Å². The molecular formula is C20H27F3N2O3. The molecule has 1 amide bonds. The Hall–Kier alpha value is -2.22. The molecule has 0 aromatic heterocycles. The van der Waals surface area contributed by atoms with Gasteiger partial charge in [0.1, 0.15) is 11.4 Å². The maximum atomic E-state index is 12.5. The normalized spacial score (nSPS) is 18.7. The van der Waals surface area contributed by atoms with E-state index in [1.54, 1.807) is 11.0 Å². The van der Waals surface area contributed by atoms with Crippen LogP contribution in [-0.2, 0) is 11.3 Å². The Morgan fingerprint density at radius 3 is 2.46 bits per heavy atom. The van der Waals surface area contributed by atoms with Gasteiger partial charge in [0.2, 0.25) is 0 Å². The standard InChI is InChI=1S/C20H27F3N2O3/c1-6-15-9-16(11-17(10-15)27-20(21,22)23)13-24-7-8-25(14(2)12-24)18(26)28-19(3,4)5/h6,9-11,14H,1,7-8,12-13H2,2-5H3. The lowest BCUT2D eigenvalue weighted by molar-refractivity contribution is -0.274. The van der Waals surface area contributed by atoms with Crippen LogP contribution in [0.5, 0.6) is 5.75 Å². The van der Waals surface area contributed by atoms with E-state index in [2.05, 4.69) is 16.2 Å². The fourth-order valence-electron chi connectivity index (χ4n) is 3.11. The van der Waals surface area contributed by atoms with Crippen LogP contribution in [0, 0.1) is 0 Å². The van der Waals surface area contributed by atoms with Crippen LogP contribution in [0.1, 0.15) is 38.8 Å². The van der Waals surface area contributed by atoms with E-state index < -0.39 is 12.0 Å². The smallest absolute Gasteiger partial charge is 0.444 e. The molecule has 1 aromatic rings. The number of carbonyl (C=O) groups is 1. The average molecular weight is 400 g/mol. The highest BCUT2D eigenvalue weighted by atomic mass is 19.4. The molecule has 1 atom stereocenters. The van der Waals surface area contributed by atoms with Crippen molar-refractivity contribution < 1.29 is 27.4 Å². The van der Waals surface area contributed by atoms with Crippen LogP contribution in [0.25, 0.3) is 6.08 Å². The number of benzene rings is 1. The summed E-state index contributed by atoms with van der Waals surface area (Å²) in [5.74, 6) is -0.264. The number of piperazine rings is 1. The molecule has 1 aliphatic heterocycles. The quantitative estimate of drug-likeness (QED) is 0.737. The summed E-state index contributed by atoms with van der Waals surface area (Å²) >= 11 is 0. The Labute approximate surface area is 163 Å². The fourth-order valence-corrected chi connectivity index (χ4v) is 3.11. The molecule has 0 spiro atoms. The number of rotatable bonds is 4. The molecule has 0 bridgehead atoms. The molecule has 2 rings (SSSR count). The van der Waals surface area contributed by atoms with E-state index in [1.165, 1.54) is 18.2 Å². The van der Waals surface area contributed by atoms with Gasteiger partial charge in [0.05, 0.1) is 0 Å². The first-order chi connectivity index (χ1) is 12.9. The first kappa shape index (κ1) is 22.1. The average Bonchev–Trinajstić information content (AvgIpc) is 2.51. The van der Waals surface area contributed by atoms with Crippen LogP contribution in [0.2, 0.25) is 0 Å². The van der Waals surface area contributed by atoms with Crippen molar-refractivity contribution in [2.24, 2.45) is 0 Å². The van der Waals surface area contributed by atoms with Crippen LogP contribution >= 0.6 is 0 Å². The molecule has 0 saturated carbocycles. The van der Waals surface area contributed by atoms with E-state index in [-0.39, 0.29) is 17.9 Å². The molecule has 1 unspecified atom stereocenters. The molecular weight excluding hydrogens is 373 g/mol. The molecule has 28 heavy (non-hydrogen) atoms. The SMILES string of the molecule is C=Cc1cc(CN2CCN(C(=O)OC(C)(C)C)C(C)C2)cc(OC(F)(F)F)c1. The van der Waals surface area contributed by atoms with Crippen molar-refractivity contribution in [1.82, 2.24) is 9.80 Å². The van der Waals surface area contributed by atoms with Crippen LogP contribution < -0.4 is 4.74 Å². The molecule has 0 radical (unpaired) electrons. The van der Waals surface area contributed by atoms with Crippen molar-refractivity contribution in [2.45, 2.75) is 52.2 Å². The number of amides is 1. The highest BCUT2D eigenvalue weighted by molar-refractivity contribution is 5.68. The van der Waals surface area contributed by atoms with E-state index in [0.29, 0.717) is 37.3 Å². The summed E-state index contributed by atoms with van der Waals surface area (Å²) in [5, 5.41) is 0. The van der Waals surface area contributed by atoms with E-state index >= 15 is 0 Å². The molecule has 1 aromatic carbocycles. The second-order valence-electron chi connectivity index (χ2n) is 7.92. The third-order valence-corrected chi connectivity index (χ3v) is 4.20. The van der Waals surface area contributed by atoms with Crippen molar-refractivity contribution in [3.8, 4) is 5.75 Å². The van der Waals surface area contributed by atoms with E-state index in [1.807, 2.05) is 27.7 Å². The monoisotopic (exact) mass is 400 g/mol. The number of alkyl halides is 3. The van der Waals surface area contributed by atoms with Crippen molar-refractivity contribution in [3.63, 3.8) is 0 Å². The summed E-state index contributed by atoms with van der Waals surface area (Å²) in [4.78, 5) is 16.1. The molecule has 8 heteroatoms. The molecule has 1 fully saturated rings. The Bertz CT molecular complexity index is 714. The molecule has 1 saturated heterocycles. The van der Waals surface area contributed by atoms with Gasteiger partial charge in [-0.3, -0.25) is 4.90 Å². The van der Waals surface area contributed by atoms with Crippen LogP contribution in [0.15, 0.2) is 24.8 Å². The predicted molar refractivity (Wildman–Crippen MR) is 101 cm³/mol.